The Morgan fingerprint density at radius 1 is 1.06 bits per heavy atom. The number of benzene rings is 2. The van der Waals surface area contributed by atoms with E-state index in [0.29, 0.717) is 28.8 Å². The summed E-state index contributed by atoms with van der Waals surface area (Å²) in [5.74, 6) is 0.430. The summed E-state index contributed by atoms with van der Waals surface area (Å²) >= 11 is 6.46. The third kappa shape index (κ3) is 6.66. The Morgan fingerprint density at radius 3 is 2.44 bits per heavy atom. The number of urea groups is 1. The van der Waals surface area contributed by atoms with E-state index in [1.807, 2.05) is 68.4 Å². The van der Waals surface area contributed by atoms with Crippen LogP contribution in [0.5, 0.6) is 0 Å². The number of amides is 3. The van der Waals surface area contributed by atoms with Crippen LogP contribution in [0, 0.1) is 5.92 Å². The quantitative estimate of drug-likeness (QED) is 0.385. The number of carbonyl (C=O) groups is 2. The van der Waals surface area contributed by atoms with Crippen LogP contribution in [0.25, 0.3) is 16.9 Å². The molecule has 0 radical (unpaired) electrons. The van der Waals surface area contributed by atoms with Crippen molar-refractivity contribution in [3.05, 3.63) is 65.7 Å². The Hall–Kier alpha value is -3.32. The minimum atomic E-state index is -0.290. The molecule has 2 aromatic carbocycles. The van der Waals surface area contributed by atoms with Crippen molar-refractivity contribution in [1.29, 1.82) is 0 Å². The lowest BCUT2D eigenvalue weighted by Crippen LogP contribution is -2.49. The van der Waals surface area contributed by atoms with Gasteiger partial charge in [-0.3, -0.25) is 4.79 Å². The zero-order valence-corrected chi connectivity index (χ0v) is 21.7. The standard InChI is InChI=1S/C28H34ClN5O2/c1-20(2)18-33(28(36)30-22-13-7-4-8-14-22)19-27(35)31-26-17-24(21-11-5-3-6-12-21)32-34(26)25-16-10-9-15-23(25)29/h3,5-6,9-12,15-17,20,22H,4,7-8,13-14,18-19H2,1-2H3,(H,30,36)(H,31,35). The predicted octanol–water partition coefficient (Wildman–Crippen LogP) is 6.13. The smallest absolute Gasteiger partial charge is 0.318 e. The Bertz CT molecular complexity index is 1170. The van der Waals surface area contributed by atoms with E-state index in [2.05, 4.69) is 10.6 Å². The number of hydrogen-bond acceptors (Lipinski definition) is 3. The molecule has 3 aromatic rings. The van der Waals surface area contributed by atoms with Crippen molar-refractivity contribution in [2.75, 3.05) is 18.4 Å². The maximum Gasteiger partial charge on any atom is 0.318 e. The highest BCUT2D eigenvalue weighted by atomic mass is 35.5. The molecule has 3 amide bonds. The number of carbonyl (C=O) groups excluding carboxylic acids is 2. The van der Waals surface area contributed by atoms with Crippen molar-refractivity contribution in [3.63, 3.8) is 0 Å². The van der Waals surface area contributed by atoms with Crippen molar-refractivity contribution < 1.29 is 9.59 Å². The van der Waals surface area contributed by atoms with Gasteiger partial charge in [-0.15, -0.1) is 0 Å². The lowest BCUT2D eigenvalue weighted by Gasteiger charge is -2.29. The van der Waals surface area contributed by atoms with Gasteiger partial charge in [-0.2, -0.15) is 5.10 Å². The number of para-hydroxylation sites is 1. The van der Waals surface area contributed by atoms with Crippen LogP contribution in [0.1, 0.15) is 46.0 Å². The molecule has 1 heterocycles. The lowest BCUT2D eigenvalue weighted by atomic mass is 9.96. The van der Waals surface area contributed by atoms with Crippen molar-refractivity contribution in [3.8, 4) is 16.9 Å². The molecular formula is C28H34ClN5O2. The average molecular weight is 508 g/mol. The molecule has 4 rings (SSSR count). The summed E-state index contributed by atoms with van der Waals surface area (Å²) in [7, 11) is 0. The molecule has 2 N–H and O–H groups in total. The van der Waals surface area contributed by atoms with E-state index < -0.39 is 0 Å². The summed E-state index contributed by atoms with van der Waals surface area (Å²) in [5, 5.41) is 11.4. The Balaban J connectivity index is 1.55. The largest absolute Gasteiger partial charge is 0.335 e. The van der Waals surface area contributed by atoms with Crippen LogP contribution in [-0.2, 0) is 4.79 Å². The number of rotatable bonds is 8. The molecule has 1 aliphatic rings. The Kier molecular flexibility index (Phi) is 8.65. The summed E-state index contributed by atoms with van der Waals surface area (Å²) in [6.07, 6.45) is 5.46. The van der Waals surface area contributed by atoms with E-state index in [1.54, 1.807) is 15.6 Å². The summed E-state index contributed by atoms with van der Waals surface area (Å²) in [5.41, 5.74) is 2.29. The zero-order chi connectivity index (χ0) is 25.5. The van der Waals surface area contributed by atoms with Gasteiger partial charge in [0, 0.05) is 24.2 Å². The minimum absolute atomic E-state index is 0.0505. The van der Waals surface area contributed by atoms with Crippen molar-refractivity contribution in [2.24, 2.45) is 5.92 Å². The van der Waals surface area contributed by atoms with Gasteiger partial charge in [-0.05, 0) is 30.9 Å². The number of hydrogen-bond donors (Lipinski definition) is 2. The van der Waals surface area contributed by atoms with Crippen LogP contribution >= 0.6 is 11.6 Å². The minimum Gasteiger partial charge on any atom is -0.335 e. The maximum atomic E-state index is 13.2. The second-order valence-electron chi connectivity index (χ2n) is 9.75. The fraction of sp³-hybridized carbons (Fsp3) is 0.393. The van der Waals surface area contributed by atoms with E-state index in [0.717, 1.165) is 31.2 Å². The highest BCUT2D eigenvalue weighted by Gasteiger charge is 2.23. The number of aromatic nitrogens is 2. The summed E-state index contributed by atoms with van der Waals surface area (Å²) < 4.78 is 1.64. The van der Waals surface area contributed by atoms with Crippen LogP contribution in [0.3, 0.4) is 0 Å². The van der Waals surface area contributed by atoms with Gasteiger partial charge >= 0.3 is 6.03 Å². The van der Waals surface area contributed by atoms with Gasteiger partial charge < -0.3 is 15.5 Å². The van der Waals surface area contributed by atoms with E-state index >= 15 is 0 Å². The maximum absolute atomic E-state index is 13.2. The SMILES string of the molecule is CC(C)CN(CC(=O)Nc1cc(-c2ccccc2)nn1-c1ccccc1Cl)C(=O)NC1CCCCC1. The topological polar surface area (TPSA) is 79.3 Å². The highest BCUT2D eigenvalue weighted by Crippen LogP contribution is 2.28. The predicted molar refractivity (Wildman–Crippen MR) is 144 cm³/mol. The molecule has 8 heteroatoms. The summed E-state index contributed by atoms with van der Waals surface area (Å²) in [6.45, 7) is 4.52. The van der Waals surface area contributed by atoms with E-state index in [9.17, 15) is 9.59 Å². The number of halogens is 1. The summed E-state index contributed by atoms with van der Waals surface area (Å²) in [6, 6.07) is 18.9. The van der Waals surface area contributed by atoms with Crippen LogP contribution < -0.4 is 10.6 Å². The number of nitrogens with zero attached hydrogens (tertiary/aromatic N) is 3. The Morgan fingerprint density at radius 2 is 1.75 bits per heavy atom. The van der Waals surface area contributed by atoms with Gasteiger partial charge in [0.05, 0.1) is 16.4 Å². The first-order valence-corrected chi connectivity index (χ1v) is 13.0. The van der Waals surface area contributed by atoms with E-state index in [4.69, 9.17) is 16.7 Å². The van der Waals surface area contributed by atoms with Gasteiger partial charge in [0.1, 0.15) is 12.4 Å². The molecule has 1 aromatic heterocycles. The molecule has 0 aliphatic heterocycles. The van der Waals surface area contributed by atoms with Gasteiger partial charge in [0.25, 0.3) is 0 Å². The molecule has 1 saturated carbocycles. The highest BCUT2D eigenvalue weighted by molar-refractivity contribution is 6.32. The second-order valence-corrected chi connectivity index (χ2v) is 10.2. The van der Waals surface area contributed by atoms with Crippen LogP contribution in [0.4, 0.5) is 10.6 Å². The molecule has 36 heavy (non-hydrogen) atoms. The fourth-order valence-corrected chi connectivity index (χ4v) is 4.77. The molecule has 7 nitrogen and oxygen atoms in total. The molecule has 1 aliphatic carbocycles. The lowest BCUT2D eigenvalue weighted by molar-refractivity contribution is -0.116. The first-order chi connectivity index (χ1) is 17.4. The molecule has 0 atom stereocenters. The van der Waals surface area contributed by atoms with Gasteiger partial charge in [-0.25, -0.2) is 9.48 Å². The normalized spacial score (nSPS) is 14.0. The van der Waals surface area contributed by atoms with Gasteiger partial charge in [0.15, 0.2) is 0 Å². The third-order valence-electron chi connectivity index (χ3n) is 6.27. The van der Waals surface area contributed by atoms with Gasteiger partial charge in [-0.1, -0.05) is 87.2 Å². The monoisotopic (exact) mass is 507 g/mol. The van der Waals surface area contributed by atoms with Crippen molar-refractivity contribution in [1.82, 2.24) is 20.0 Å². The Labute approximate surface area is 217 Å². The van der Waals surface area contributed by atoms with Crippen LogP contribution in [-0.4, -0.2) is 45.8 Å². The molecular weight excluding hydrogens is 474 g/mol. The van der Waals surface area contributed by atoms with Crippen molar-refractivity contribution >= 4 is 29.4 Å². The van der Waals surface area contributed by atoms with Crippen LogP contribution in [0.15, 0.2) is 60.7 Å². The van der Waals surface area contributed by atoms with E-state index in [-0.39, 0.29) is 30.4 Å². The molecule has 0 bridgehead atoms. The van der Waals surface area contributed by atoms with E-state index in [1.165, 1.54) is 6.42 Å². The molecule has 0 saturated heterocycles. The number of anilines is 1. The average Bonchev–Trinajstić information content (AvgIpc) is 3.28. The second kappa shape index (κ2) is 12.1. The number of nitrogens with one attached hydrogen (secondary N) is 2. The first kappa shape index (κ1) is 25.8. The third-order valence-corrected chi connectivity index (χ3v) is 6.59. The van der Waals surface area contributed by atoms with Crippen molar-refractivity contribution in [2.45, 2.75) is 52.0 Å². The van der Waals surface area contributed by atoms with Crippen LogP contribution in [0.2, 0.25) is 5.02 Å². The molecule has 190 valence electrons. The molecule has 0 unspecified atom stereocenters. The summed E-state index contributed by atoms with van der Waals surface area (Å²) in [4.78, 5) is 27.9. The molecule has 1 fully saturated rings. The first-order valence-electron chi connectivity index (χ1n) is 12.7. The fourth-order valence-electron chi connectivity index (χ4n) is 4.56. The molecule has 0 spiro atoms. The zero-order valence-electron chi connectivity index (χ0n) is 20.9. The van der Waals surface area contributed by atoms with Gasteiger partial charge in [0.2, 0.25) is 5.91 Å².